The average Bonchev–Trinajstić information content (AvgIpc) is 2.75. The van der Waals surface area contributed by atoms with Gasteiger partial charge in [-0.1, -0.05) is 0 Å². The number of nitrogens with one attached hydrogen (secondary N) is 2. The van der Waals surface area contributed by atoms with Crippen LogP contribution in [0.3, 0.4) is 0 Å². The Hall–Kier alpha value is -1.93. The first kappa shape index (κ1) is 12.5. The van der Waals surface area contributed by atoms with Gasteiger partial charge in [0.05, 0.1) is 13.2 Å². The van der Waals surface area contributed by atoms with Gasteiger partial charge in [0, 0.05) is 13.2 Å². The smallest absolute Gasteiger partial charge is 0.364 e. The second-order valence-corrected chi connectivity index (χ2v) is 3.63. The number of rotatable bonds is 7. The molecular formula is C10H15N5O3. The van der Waals surface area contributed by atoms with E-state index in [2.05, 4.69) is 20.6 Å². The standard InChI is InChI=1S/C10H15N5O3/c16-5-7-18-6-1-4-11-8-2-3-9-12-13-10(17)15(9)14-8/h2-3,16H,1,4-7H2,(H,11,14)(H,13,17). The van der Waals surface area contributed by atoms with E-state index >= 15 is 0 Å². The number of H-pyrrole nitrogens is 1. The van der Waals surface area contributed by atoms with Crippen LogP contribution in [0.15, 0.2) is 16.9 Å². The maximum absolute atomic E-state index is 11.3. The molecule has 0 unspecified atom stereocenters. The minimum atomic E-state index is -0.361. The monoisotopic (exact) mass is 253 g/mol. The van der Waals surface area contributed by atoms with Gasteiger partial charge in [-0.2, -0.15) is 9.61 Å². The summed E-state index contributed by atoms with van der Waals surface area (Å²) in [6, 6.07) is 3.46. The number of aromatic nitrogens is 4. The van der Waals surface area contributed by atoms with Crippen LogP contribution in [0.5, 0.6) is 0 Å². The molecule has 0 radical (unpaired) electrons. The van der Waals surface area contributed by atoms with Crippen LogP contribution in [0.1, 0.15) is 6.42 Å². The van der Waals surface area contributed by atoms with Gasteiger partial charge in [0.2, 0.25) is 0 Å². The number of aliphatic hydroxyl groups excluding tert-OH is 1. The van der Waals surface area contributed by atoms with Gasteiger partial charge in [-0.25, -0.2) is 9.89 Å². The third-order valence-electron chi connectivity index (χ3n) is 2.28. The number of nitrogens with zero attached hydrogens (tertiary/aromatic N) is 3. The second kappa shape index (κ2) is 6.12. The zero-order valence-electron chi connectivity index (χ0n) is 9.80. The molecular weight excluding hydrogens is 238 g/mol. The highest BCUT2D eigenvalue weighted by Gasteiger charge is 2.01. The Kier molecular flexibility index (Phi) is 4.26. The summed E-state index contributed by atoms with van der Waals surface area (Å²) >= 11 is 0. The highest BCUT2D eigenvalue weighted by molar-refractivity contribution is 5.42. The number of aromatic amines is 1. The van der Waals surface area contributed by atoms with Crippen molar-refractivity contribution in [3.05, 3.63) is 22.6 Å². The molecule has 0 saturated heterocycles. The quantitative estimate of drug-likeness (QED) is 0.560. The fourth-order valence-electron chi connectivity index (χ4n) is 1.45. The molecule has 98 valence electrons. The van der Waals surface area contributed by atoms with Crippen LogP contribution in [0.2, 0.25) is 0 Å². The summed E-state index contributed by atoms with van der Waals surface area (Å²) in [5.41, 5.74) is 0.122. The summed E-state index contributed by atoms with van der Waals surface area (Å²) in [6.07, 6.45) is 0.792. The molecule has 2 aromatic heterocycles. The predicted molar refractivity (Wildman–Crippen MR) is 64.6 cm³/mol. The van der Waals surface area contributed by atoms with Gasteiger partial charge in [0.25, 0.3) is 0 Å². The van der Waals surface area contributed by atoms with Gasteiger partial charge >= 0.3 is 5.69 Å². The highest BCUT2D eigenvalue weighted by atomic mass is 16.5. The molecule has 0 aliphatic carbocycles. The van der Waals surface area contributed by atoms with Crippen molar-refractivity contribution in [3.8, 4) is 0 Å². The number of aliphatic hydroxyl groups is 1. The lowest BCUT2D eigenvalue weighted by atomic mass is 10.4. The third-order valence-corrected chi connectivity index (χ3v) is 2.28. The SMILES string of the molecule is O=c1[nH]nc2ccc(NCCCOCCO)nn12. The molecule has 0 aliphatic rings. The van der Waals surface area contributed by atoms with E-state index in [4.69, 9.17) is 9.84 Å². The zero-order valence-corrected chi connectivity index (χ0v) is 9.80. The molecule has 2 aromatic rings. The van der Waals surface area contributed by atoms with E-state index in [0.717, 1.165) is 6.42 Å². The van der Waals surface area contributed by atoms with Crippen LogP contribution in [-0.2, 0) is 4.74 Å². The molecule has 2 heterocycles. The molecule has 0 aliphatic heterocycles. The first-order chi connectivity index (χ1) is 8.81. The summed E-state index contributed by atoms with van der Waals surface area (Å²) in [5, 5.41) is 21.8. The number of anilines is 1. The lowest BCUT2D eigenvalue weighted by molar-refractivity contribution is 0.0922. The van der Waals surface area contributed by atoms with E-state index in [1.54, 1.807) is 12.1 Å². The number of hydrogen-bond donors (Lipinski definition) is 3. The Morgan fingerprint density at radius 3 is 3.17 bits per heavy atom. The normalized spacial score (nSPS) is 10.9. The minimum Gasteiger partial charge on any atom is -0.394 e. The first-order valence-corrected chi connectivity index (χ1v) is 5.68. The summed E-state index contributed by atoms with van der Waals surface area (Å²) < 4.78 is 6.32. The van der Waals surface area contributed by atoms with Crippen LogP contribution in [0.25, 0.3) is 5.65 Å². The van der Waals surface area contributed by atoms with Gasteiger partial charge in [-0.05, 0) is 18.6 Å². The fraction of sp³-hybridized carbons (Fsp3) is 0.500. The Bertz CT molecular complexity index is 550. The first-order valence-electron chi connectivity index (χ1n) is 5.68. The maximum atomic E-state index is 11.3. The predicted octanol–water partition coefficient (Wildman–Crippen LogP) is -0.772. The summed E-state index contributed by atoms with van der Waals surface area (Å²) in [7, 11) is 0. The Labute approximate surface area is 103 Å². The molecule has 0 atom stereocenters. The van der Waals surface area contributed by atoms with Crippen molar-refractivity contribution in [1.29, 1.82) is 0 Å². The maximum Gasteiger partial charge on any atom is 0.364 e. The average molecular weight is 253 g/mol. The van der Waals surface area contributed by atoms with E-state index in [0.29, 0.717) is 31.2 Å². The molecule has 0 spiro atoms. The van der Waals surface area contributed by atoms with Crippen molar-refractivity contribution in [2.75, 3.05) is 31.7 Å². The Morgan fingerprint density at radius 2 is 2.33 bits per heavy atom. The minimum absolute atomic E-state index is 0.0368. The third kappa shape index (κ3) is 3.05. The van der Waals surface area contributed by atoms with Crippen molar-refractivity contribution in [2.24, 2.45) is 0 Å². The molecule has 8 nitrogen and oxygen atoms in total. The molecule has 0 amide bonds. The largest absolute Gasteiger partial charge is 0.394 e. The summed E-state index contributed by atoms with van der Waals surface area (Å²) in [4.78, 5) is 11.3. The topological polar surface area (TPSA) is 105 Å². The number of ether oxygens (including phenoxy) is 1. The molecule has 18 heavy (non-hydrogen) atoms. The highest BCUT2D eigenvalue weighted by Crippen LogP contribution is 2.02. The molecule has 2 rings (SSSR count). The Balaban J connectivity index is 1.84. The molecule has 3 N–H and O–H groups in total. The van der Waals surface area contributed by atoms with Crippen molar-refractivity contribution < 1.29 is 9.84 Å². The van der Waals surface area contributed by atoms with Gasteiger partial charge in [-0.15, -0.1) is 5.10 Å². The molecule has 0 fully saturated rings. The van der Waals surface area contributed by atoms with Crippen LogP contribution < -0.4 is 11.0 Å². The summed E-state index contributed by atoms with van der Waals surface area (Å²) in [6.45, 7) is 1.64. The number of fused-ring (bicyclic) bond motifs is 1. The van der Waals surface area contributed by atoms with Crippen LogP contribution in [0.4, 0.5) is 5.82 Å². The van der Waals surface area contributed by atoms with Crippen molar-refractivity contribution in [2.45, 2.75) is 6.42 Å². The summed E-state index contributed by atoms with van der Waals surface area (Å²) in [5.74, 6) is 0.605. The van der Waals surface area contributed by atoms with E-state index in [9.17, 15) is 4.79 Å². The van der Waals surface area contributed by atoms with Crippen LogP contribution >= 0.6 is 0 Å². The van der Waals surface area contributed by atoms with Crippen molar-refractivity contribution in [3.63, 3.8) is 0 Å². The van der Waals surface area contributed by atoms with E-state index < -0.39 is 0 Å². The van der Waals surface area contributed by atoms with Gasteiger partial charge in [0.15, 0.2) is 5.65 Å². The fourth-order valence-corrected chi connectivity index (χ4v) is 1.45. The Morgan fingerprint density at radius 1 is 1.44 bits per heavy atom. The van der Waals surface area contributed by atoms with Crippen LogP contribution in [-0.4, -0.2) is 51.3 Å². The van der Waals surface area contributed by atoms with E-state index in [1.807, 2.05) is 0 Å². The van der Waals surface area contributed by atoms with Crippen LogP contribution in [0, 0.1) is 0 Å². The van der Waals surface area contributed by atoms with Gasteiger partial charge < -0.3 is 15.2 Å². The van der Waals surface area contributed by atoms with E-state index in [-0.39, 0.29) is 12.3 Å². The van der Waals surface area contributed by atoms with Crippen molar-refractivity contribution >= 4 is 11.5 Å². The molecule has 0 aromatic carbocycles. The number of hydrogen-bond acceptors (Lipinski definition) is 6. The van der Waals surface area contributed by atoms with Crippen molar-refractivity contribution in [1.82, 2.24) is 19.8 Å². The van der Waals surface area contributed by atoms with Gasteiger partial charge in [0.1, 0.15) is 5.82 Å². The lowest BCUT2D eigenvalue weighted by Gasteiger charge is -2.05. The molecule has 0 bridgehead atoms. The molecule has 0 saturated carbocycles. The van der Waals surface area contributed by atoms with Gasteiger partial charge in [-0.3, -0.25) is 0 Å². The lowest BCUT2D eigenvalue weighted by Crippen LogP contribution is -2.15. The van der Waals surface area contributed by atoms with E-state index in [1.165, 1.54) is 4.52 Å². The second-order valence-electron chi connectivity index (χ2n) is 3.63. The zero-order chi connectivity index (χ0) is 12.8. The molecule has 8 heteroatoms.